The van der Waals surface area contributed by atoms with Gasteiger partial charge in [-0.25, -0.2) is 4.39 Å². The monoisotopic (exact) mass is 284 g/mol. The Labute approximate surface area is 123 Å². The number of nitrogens with two attached hydrogens (primary N) is 1. The van der Waals surface area contributed by atoms with Crippen molar-refractivity contribution in [1.29, 1.82) is 5.26 Å². The van der Waals surface area contributed by atoms with Gasteiger partial charge >= 0.3 is 0 Å². The maximum atomic E-state index is 14.1. The molecule has 0 saturated carbocycles. The Morgan fingerprint density at radius 3 is 2.33 bits per heavy atom. The van der Waals surface area contributed by atoms with Gasteiger partial charge < -0.3 is 10.5 Å². The second-order valence-electron chi connectivity index (χ2n) is 5.10. The molecule has 0 spiro atoms. The van der Waals surface area contributed by atoms with E-state index in [9.17, 15) is 4.39 Å². The standard InChI is InChI=1S/C17H17FN2O/c1-10-7-13(9-19)8-11(2)16(10)21-17-14(12(3)20)5-4-6-15(17)18/h4-8,12H,20H2,1-3H3/t12-/m0/s1. The lowest BCUT2D eigenvalue weighted by Gasteiger charge is -2.17. The van der Waals surface area contributed by atoms with Gasteiger partial charge in [0.1, 0.15) is 5.75 Å². The molecule has 0 aliphatic rings. The number of aryl methyl sites for hydroxylation is 2. The molecule has 0 aromatic heterocycles. The van der Waals surface area contributed by atoms with Gasteiger partial charge in [0.25, 0.3) is 0 Å². The number of nitriles is 1. The molecule has 2 aromatic carbocycles. The van der Waals surface area contributed by atoms with E-state index in [1.165, 1.54) is 6.07 Å². The van der Waals surface area contributed by atoms with E-state index in [2.05, 4.69) is 6.07 Å². The van der Waals surface area contributed by atoms with E-state index in [1.807, 2.05) is 13.8 Å². The van der Waals surface area contributed by atoms with E-state index >= 15 is 0 Å². The Kier molecular flexibility index (Phi) is 4.25. The molecule has 0 aliphatic carbocycles. The summed E-state index contributed by atoms with van der Waals surface area (Å²) in [6.07, 6.45) is 0. The Balaban J connectivity index is 2.51. The molecule has 4 heteroatoms. The Morgan fingerprint density at radius 2 is 1.81 bits per heavy atom. The Bertz CT molecular complexity index is 694. The molecule has 0 amide bonds. The highest BCUT2D eigenvalue weighted by molar-refractivity contribution is 5.50. The van der Waals surface area contributed by atoms with Crippen LogP contribution in [0.25, 0.3) is 0 Å². The van der Waals surface area contributed by atoms with Gasteiger partial charge in [-0.05, 0) is 50.1 Å². The van der Waals surface area contributed by atoms with Crippen molar-refractivity contribution in [2.75, 3.05) is 0 Å². The van der Waals surface area contributed by atoms with Crippen LogP contribution in [-0.2, 0) is 0 Å². The van der Waals surface area contributed by atoms with Crippen LogP contribution < -0.4 is 10.5 Å². The molecule has 0 aliphatic heterocycles. The minimum Gasteiger partial charge on any atom is -0.453 e. The lowest BCUT2D eigenvalue weighted by molar-refractivity contribution is 0.427. The zero-order chi connectivity index (χ0) is 15.6. The maximum absolute atomic E-state index is 14.1. The molecule has 2 aromatic rings. The highest BCUT2D eigenvalue weighted by Crippen LogP contribution is 2.35. The van der Waals surface area contributed by atoms with Gasteiger partial charge in [-0.15, -0.1) is 0 Å². The molecule has 0 saturated heterocycles. The molecule has 0 heterocycles. The van der Waals surface area contributed by atoms with Crippen molar-refractivity contribution in [2.45, 2.75) is 26.8 Å². The van der Waals surface area contributed by atoms with Crippen LogP contribution in [0.4, 0.5) is 4.39 Å². The van der Waals surface area contributed by atoms with Crippen LogP contribution in [0.1, 0.15) is 35.2 Å². The maximum Gasteiger partial charge on any atom is 0.167 e. The first-order chi connectivity index (χ1) is 9.93. The van der Waals surface area contributed by atoms with Crippen molar-refractivity contribution in [2.24, 2.45) is 5.73 Å². The van der Waals surface area contributed by atoms with Crippen LogP contribution in [0.5, 0.6) is 11.5 Å². The number of ether oxygens (including phenoxy) is 1. The zero-order valence-corrected chi connectivity index (χ0v) is 12.3. The van der Waals surface area contributed by atoms with Gasteiger partial charge in [0, 0.05) is 11.6 Å². The predicted molar refractivity (Wildman–Crippen MR) is 79.7 cm³/mol. The fourth-order valence-electron chi connectivity index (χ4n) is 2.27. The van der Waals surface area contributed by atoms with Crippen LogP contribution in [-0.4, -0.2) is 0 Å². The average Bonchev–Trinajstić information content (AvgIpc) is 2.43. The first kappa shape index (κ1) is 15.0. The van der Waals surface area contributed by atoms with Crippen LogP contribution in [0.15, 0.2) is 30.3 Å². The minimum atomic E-state index is -0.451. The second kappa shape index (κ2) is 5.94. The number of benzene rings is 2. The summed E-state index contributed by atoms with van der Waals surface area (Å²) in [7, 11) is 0. The fourth-order valence-corrected chi connectivity index (χ4v) is 2.27. The molecular weight excluding hydrogens is 267 g/mol. The fraction of sp³-hybridized carbons (Fsp3) is 0.235. The van der Waals surface area contributed by atoms with Crippen LogP contribution in [0, 0.1) is 31.0 Å². The second-order valence-corrected chi connectivity index (χ2v) is 5.10. The zero-order valence-electron chi connectivity index (χ0n) is 12.3. The van der Waals surface area contributed by atoms with E-state index in [-0.39, 0.29) is 11.8 Å². The molecular formula is C17H17FN2O. The van der Waals surface area contributed by atoms with Crippen molar-refractivity contribution in [3.8, 4) is 17.6 Å². The molecule has 0 fully saturated rings. The molecule has 0 radical (unpaired) electrons. The van der Waals surface area contributed by atoms with E-state index in [4.69, 9.17) is 15.7 Å². The molecule has 2 N–H and O–H groups in total. The predicted octanol–water partition coefficient (Wildman–Crippen LogP) is 4.13. The third kappa shape index (κ3) is 3.04. The highest BCUT2D eigenvalue weighted by Gasteiger charge is 2.16. The van der Waals surface area contributed by atoms with Gasteiger partial charge in [0.05, 0.1) is 11.6 Å². The molecule has 0 unspecified atom stereocenters. The van der Waals surface area contributed by atoms with E-state index in [1.54, 1.807) is 31.2 Å². The van der Waals surface area contributed by atoms with Crippen LogP contribution in [0.3, 0.4) is 0 Å². The van der Waals surface area contributed by atoms with Gasteiger partial charge in [0.15, 0.2) is 11.6 Å². The van der Waals surface area contributed by atoms with Gasteiger partial charge in [0.2, 0.25) is 0 Å². The molecule has 1 atom stereocenters. The number of para-hydroxylation sites is 1. The summed E-state index contributed by atoms with van der Waals surface area (Å²) in [5, 5.41) is 8.96. The summed E-state index contributed by atoms with van der Waals surface area (Å²) in [5.41, 5.74) is 8.60. The molecule has 108 valence electrons. The summed E-state index contributed by atoms with van der Waals surface area (Å²) in [6, 6.07) is 9.89. The first-order valence-electron chi connectivity index (χ1n) is 6.67. The topological polar surface area (TPSA) is 59.0 Å². The molecule has 21 heavy (non-hydrogen) atoms. The van der Waals surface area contributed by atoms with E-state index in [0.717, 1.165) is 11.1 Å². The number of halogens is 1. The van der Waals surface area contributed by atoms with Gasteiger partial charge in [-0.1, -0.05) is 12.1 Å². The third-order valence-electron chi connectivity index (χ3n) is 3.28. The molecule has 0 bridgehead atoms. The normalized spacial score (nSPS) is 11.8. The number of nitrogens with zero attached hydrogens (tertiary/aromatic N) is 1. The van der Waals surface area contributed by atoms with Crippen LogP contribution >= 0.6 is 0 Å². The number of rotatable bonds is 3. The minimum absolute atomic E-state index is 0.142. The van der Waals surface area contributed by atoms with E-state index < -0.39 is 5.82 Å². The molecule has 2 rings (SSSR count). The highest BCUT2D eigenvalue weighted by atomic mass is 19.1. The van der Waals surface area contributed by atoms with Crippen molar-refractivity contribution >= 4 is 0 Å². The largest absolute Gasteiger partial charge is 0.453 e. The lowest BCUT2D eigenvalue weighted by Crippen LogP contribution is -2.08. The average molecular weight is 284 g/mol. The lowest BCUT2D eigenvalue weighted by atomic mass is 10.1. The number of hydrogen-bond acceptors (Lipinski definition) is 3. The first-order valence-corrected chi connectivity index (χ1v) is 6.67. The van der Waals surface area contributed by atoms with Gasteiger partial charge in [-0.3, -0.25) is 0 Å². The summed E-state index contributed by atoms with van der Waals surface area (Å²) in [4.78, 5) is 0. The van der Waals surface area contributed by atoms with Crippen LogP contribution in [0.2, 0.25) is 0 Å². The van der Waals surface area contributed by atoms with E-state index in [0.29, 0.717) is 16.9 Å². The SMILES string of the molecule is Cc1cc(C#N)cc(C)c1Oc1c(F)cccc1[C@H](C)N. The summed E-state index contributed by atoms with van der Waals surface area (Å²) >= 11 is 0. The van der Waals surface area contributed by atoms with Crippen molar-refractivity contribution in [3.63, 3.8) is 0 Å². The molecule has 3 nitrogen and oxygen atoms in total. The smallest absolute Gasteiger partial charge is 0.167 e. The van der Waals surface area contributed by atoms with Crippen molar-refractivity contribution in [1.82, 2.24) is 0 Å². The van der Waals surface area contributed by atoms with Crippen molar-refractivity contribution < 1.29 is 9.13 Å². The summed E-state index contributed by atoms with van der Waals surface area (Å²) in [6.45, 7) is 5.44. The van der Waals surface area contributed by atoms with Gasteiger partial charge in [-0.2, -0.15) is 5.26 Å². The summed E-state index contributed by atoms with van der Waals surface area (Å²) < 4.78 is 19.9. The Hall–Kier alpha value is -2.38. The van der Waals surface area contributed by atoms with Crippen molar-refractivity contribution in [3.05, 3.63) is 58.4 Å². The summed E-state index contributed by atoms with van der Waals surface area (Å²) in [5.74, 6) is 0.248. The quantitative estimate of drug-likeness (QED) is 0.922. The number of hydrogen-bond donors (Lipinski definition) is 1. The third-order valence-corrected chi connectivity index (χ3v) is 3.28. The Morgan fingerprint density at radius 1 is 1.19 bits per heavy atom.